The van der Waals surface area contributed by atoms with Gasteiger partial charge in [0.05, 0.1) is 19.8 Å². The van der Waals surface area contributed by atoms with Crippen molar-refractivity contribution in [1.29, 1.82) is 0 Å². The van der Waals surface area contributed by atoms with Crippen molar-refractivity contribution in [2.75, 3.05) is 33.5 Å². The lowest BCUT2D eigenvalue weighted by Crippen LogP contribution is -2.29. The highest BCUT2D eigenvalue weighted by molar-refractivity contribution is 9.10. The topological polar surface area (TPSA) is 52.5 Å². The van der Waals surface area contributed by atoms with Gasteiger partial charge in [0, 0.05) is 30.4 Å². The quantitative estimate of drug-likeness (QED) is 0.741. The molecule has 1 N–H and O–H groups in total. The fraction of sp³-hybridized carbons (Fsp3) is 0.615. The van der Waals surface area contributed by atoms with Crippen LogP contribution in [0.15, 0.2) is 16.7 Å². The molecule has 0 radical (unpaired) electrons. The molecule has 1 aliphatic carbocycles. The Bertz CT molecular complexity index is 430. The van der Waals surface area contributed by atoms with Crippen molar-refractivity contribution < 1.29 is 14.3 Å². The number of aromatic nitrogens is 1. The summed E-state index contributed by atoms with van der Waals surface area (Å²) in [6, 6.07) is 2.35. The van der Waals surface area contributed by atoms with E-state index in [9.17, 15) is 4.79 Å². The molecular formula is C13H19BrN2O3. The van der Waals surface area contributed by atoms with Crippen molar-refractivity contribution >= 4 is 21.8 Å². The molecule has 2 rings (SSSR count). The van der Waals surface area contributed by atoms with Crippen LogP contribution in [0, 0.1) is 0 Å². The van der Waals surface area contributed by atoms with E-state index >= 15 is 0 Å². The average molecular weight is 331 g/mol. The second-order valence-corrected chi connectivity index (χ2v) is 5.46. The second-order valence-electron chi connectivity index (χ2n) is 4.54. The maximum absolute atomic E-state index is 12.1. The van der Waals surface area contributed by atoms with Crippen molar-refractivity contribution in [2.45, 2.75) is 18.9 Å². The Morgan fingerprint density at radius 3 is 2.95 bits per heavy atom. The Labute approximate surface area is 121 Å². The Kier molecular flexibility index (Phi) is 5.42. The minimum Gasteiger partial charge on any atom is -0.382 e. The first-order valence-corrected chi connectivity index (χ1v) is 7.24. The fourth-order valence-electron chi connectivity index (χ4n) is 1.85. The Morgan fingerprint density at radius 2 is 2.26 bits per heavy atom. The summed E-state index contributed by atoms with van der Waals surface area (Å²) in [6.45, 7) is 2.14. The molecule has 0 saturated heterocycles. The van der Waals surface area contributed by atoms with Gasteiger partial charge in [-0.2, -0.15) is 0 Å². The summed E-state index contributed by atoms with van der Waals surface area (Å²) in [5.74, 6) is -0.0482. The molecule has 0 bridgehead atoms. The Morgan fingerprint density at radius 1 is 1.47 bits per heavy atom. The zero-order chi connectivity index (χ0) is 13.7. The minimum atomic E-state index is -0.0482. The third-order valence-corrected chi connectivity index (χ3v) is 3.39. The lowest BCUT2D eigenvalue weighted by molar-refractivity contribution is 0.0691. The van der Waals surface area contributed by atoms with Gasteiger partial charge in [-0.1, -0.05) is 0 Å². The molecule has 1 aliphatic rings. The molecule has 5 nitrogen and oxygen atoms in total. The largest absolute Gasteiger partial charge is 0.382 e. The van der Waals surface area contributed by atoms with E-state index in [-0.39, 0.29) is 5.91 Å². The van der Waals surface area contributed by atoms with Crippen LogP contribution in [0.1, 0.15) is 29.4 Å². The van der Waals surface area contributed by atoms with Gasteiger partial charge in [0.25, 0.3) is 5.91 Å². The number of nitrogens with one attached hydrogen (secondary N) is 1. The first-order valence-electron chi connectivity index (χ1n) is 6.44. The van der Waals surface area contributed by atoms with E-state index in [2.05, 4.69) is 21.2 Å². The fourth-order valence-corrected chi connectivity index (χ4v) is 2.29. The van der Waals surface area contributed by atoms with Crippen molar-refractivity contribution in [3.63, 3.8) is 0 Å². The van der Waals surface area contributed by atoms with Crippen molar-refractivity contribution in [3.05, 3.63) is 22.4 Å². The summed E-state index contributed by atoms with van der Waals surface area (Å²) in [6.07, 6.45) is 4.28. The van der Waals surface area contributed by atoms with Crippen LogP contribution in [-0.4, -0.2) is 43.9 Å². The van der Waals surface area contributed by atoms with Gasteiger partial charge in [-0.15, -0.1) is 0 Å². The number of amides is 1. The molecular weight excluding hydrogens is 312 g/mol. The first-order chi connectivity index (χ1) is 9.22. The van der Waals surface area contributed by atoms with Crippen LogP contribution >= 0.6 is 15.9 Å². The normalized spacial score (nSPS) is 14.6. The van der Waals surface area contributed by atoms with Crippen molar-refractivity contribution in [2.24, 2.45) is 0 Å². The third-order valence-electron chi connectivity index (χ3n) is 2.95. The van der Waals surface area contributed by atoms with Gasteiger partial charge in [-0.3, -0.25) is 4.79 Å². The Hall–Kier alpha value is -0.850. The molecule has 1 heterocycles. The SMILES string of the molecule is COCCOCCNC(=O)c1cc(Br)cn1C1CC1. The van der Waals surface area contributed by atoms with Gasteiger partial charge in [0.1, 0.15) is 5.69 Å². The Balaban J connectivity index is 1.76. The number of methoxy groups -OCH3 is 1. The lowest BCUT2D eigenvalue weighted by Gasteiger charge is -2.09. The summed E-state index contributed by atoms with van der Waals surface area (Å²) in [5.41, 5.74) is 0.714. The molecule has 106 valence electrons. The summed E-state index contributed by atoms with van der Waals surface area (Å²) < 4.78 is 13.2. The number of carbonyl (C=O) groups is 1. The minimum absolute atomic E-state index is 0.0482. The summed E-state index contributed by atoms with van der Waals surface area (Å²) in [4.78, 5) is 12.1. The first kappa shape index (κ1) is 14.6. The van der Waals surface area contributed by atoms with Gasteiger partial charge in [-0.25, -0.2) is 0 Å². The van der Waals surface area contributed by atoms with Gasteiger partial charge in [-0.05, 0) is 34.8 Å². The van der Waals surface area contributed by atoms with Gasteiger partial charge in [0.2, 0.25) is 0 Å². The molecule has 19 heavy (non-hydrogen) atoms. The number of ether oxygens (including phenoxy) is 2. The third kappa shape index (κ3) is 4.33. The average Bonchev–Trinajstić information content (AvgIpc) is 3.16. The monoisotopic (exact) mass is 330 g/mol. The van der Waals surface area contributed by atoms with Crippen LogP contribution < -0.4 is 5.32 Å². The van der Waals surface area contributed by atoms with Gasteiger partial charge >= 0.3 is 0 Å². The lowest BCUT2D eigenvalue weighted by atomic mass is 10.4. The van der Waals surface area contributed by atoms with E-state index in [0.29, 0.717) is 38.1 Å². The number of rotatable bonds is 8. The van der Waals surface area contributed by atoms with E-state index in [0.717, 1.165) is 17.3 Å². The standard InChI is InChI=1S/C13H19BrN2O3/c1-18-6-7-19-5-4-15-13(17)12-8-10(14)9-16(12)11-2-3-11/h8-9,11H,2-7H2,1H3,(H,15,17). The van der Waals surface area contributed by atoms with Crippen LogP contribution in [0.4, 0.5) is 0 Å². The molecule has 0 aromatic carbocycles. The highest BCUT2D eigenvalue weighted by Gasteiger charge is 2.27. The van der Waals surface area contributed by atoms with E-state index < -0.39 is 0 Å². The highest BCUT2D eigenvalue weighted by atomic mass is 79.9. The van der Waals surface area contributed by atoms with Crippen molar-refractivity contribution in [3.8, 4) is 0 Å². The van der Waals surface area contributed by atoms with Crippen LogP contribution in [0.25, 0.3) is 0 Å². The zero-order valence-corrected chi connectivity index (χ0v) is 12.6. The molecule has 0 atom stereocenters. The number of hydrogen-bond acceptors (Lipinski definition) is 3. The molecule has 0 spiro atoms. The predicted octanol–water partition coefficient (Wildman–Crippen LogP) is 1.98. The van der Waals surface area contributed by atoms with Gasteiger partial charge in [0.15, 0.2) is 0 Å². The summed E-state index contributed by atoms with van der Waals surface area (Å²) in [5, 5.41) is 2.87. The van der Waals surface area contributed by atoms with Crippen LogP contribution in [0.3, 0.4) is 0 Å². The predicted molar refractivity (Wildman–Crippen MR) is 75.4 cm³/mol. The second kappa shape index (κ2) is 7.07. The zero-order valence-electron chi connectivity index (χ0n) is 11.0. The van der Waals surface area contributed by atoms with Crippen LogP contribution in [0.5, 0.6) is 0 Å². The van der Waals surface area contributed by atoms with E-state index in [1.165, 1.54) is 0 Å². The molecule has 1 aromatic heterocycles. The maximum Gasteiger partial charge on any atom is 0.268 e. The summed E-state index contributed by atoms with van der Waals surface area (Å²) in [7, 11) is 1.63. The van der Waals surface area contributed by atoms with E-state index in [1.807, 2.05) is 16.8 Å². The van der Waals surface area contributed by atoms with Gasteiger partial charge < -0.3 is 19.4 Å². The smallest absolute Gasteiger partial charge is 0.268 e. The molecule has 1 aromatic rings. The molecule has 6 heteroatoms. The van der Waals surface area contributed by atoms with E-state index in [1.54, 1.807) is 7.11 Å². The molecule has 0 unspecified atom stereocenters. The molecule has 1 saturated carbocycles. The molecule has 1 amide bonds. The molecule has 0 aliphatic heterocycles. The number of nitrogens with zero attached hydrogens (tertiary/aromatic N) is 1. The maximum atomic E-state index is 12.1. The summed E-state index contributed by atoms with van der Waals surface area (Å²) >= 11 is 3.42. The molecule has 1 fully saturated rings. The number of carbonyl (C=O) groups excluding carboxylic acids is 1. The van der Waals surface area contributed by atoms with Crippen LogP contribution in [0.2, 0.25) is 0 Å². The number of halogens is 1. The highest BCUT2D eigenvalue weighted by Crippen LogP contribution is 2.37. The number of hydrogen-bond donors (Lipinski definition) is 1. The van der Waals surface area contributed by atoms with Crippen LogP contribution in [-0.2, 0) is 9.47 Å². The van der Waals surface area contributed by atoms with E-state index in [4.69, 9.17) is 9.47 Å². The van der Waals surface area contributed by atoms with Crippen molar-refractivity contribution in [1.82, 2.24) is 9.88 Å².